The molecule has 0 aliphatic carbocycles. The first-order valence-electron chi connectivity index (χ1n) is 8.06. The summed E-state index contributed by atoms with van der Waals surface area (Å²) in [6, 6.07) is 24.4. The Labute approximate surface area is 147 Å². The zero-order chi connectivity index (χ0) is 17.4. The van der Waals surface area contributed by atoms with Gasteiger partial charge in [0.15, 0.2) is 0 Å². The first-order chi connectivity index (χ1) is 12.1. The molecule has 0 spiro atoms. The summed E-state index contributed by atoms with van der Waals surface area (Å²) in [5.74, 6) is 0. The van der Waals surface area contributed by atoms with Gasteiger partial charge in [0.25, 0.3) is 10.0 Å². The molecule has 0 aliphatic heterocycles. The predicted octanol–water partition coefficient (Wildman–Crippen LogP) is 4.85. The molecule has 3 nitrogen and oxygen atoms in total. The van der Waals surface area contributed by atoms with Crippen molar-refractivity contribution >= 4 is 20.9 Å². The van der Waals surface area contributed by atoms with Gasteiger partial charge < -0.3 is 0 Å². The van der Waals surface area contributed by atoms with Gasteiger partial charge in [-0.15, -0.1) is 0 Å². The number of aromatic nitrogens is 1. The van der Waals surface area contributed by atoms with Crippen LogP contribution in [0.2, 0.25) is 0 Å². The Hall–Kier alpha value is -2.85. The van der Waals surface area contributed by atoms with Gasteiger partial charge in [0.2, 0.25) is 0 Å². The molecular formula is C21H17NO2S. The molecule has 0 unspecified atom stereocenters. The van der Waals surface area contributed by atoms with E-state index in [2.05, 4.69) is 0 Å². The Bertz CT molecular complexity index is 1160. The summed E-state index contributed by atoms with van der Waals surface area (Å²) < 4.78 is 28.2. The third-order valence-corrected chi connectivity index (χ3v) is 6.13. The van der Waals surface area contributed by atoms with Crippen LogP contribution in [0.25, 0.3) is 22.0 Å². The van der Waals surface area contributed by atoms with Crippen molar-refractivity contribution in [3.8, 4) is 11.1 Å². The molecule has 0 atom stereocenters. The molecule has 3 aromatic carbocycles. The van der Waals surface area contributed by atoms with Crippen molar-refractivity contribution in [2.45, 2.75) is 11.8 Å². The van der Waals surface area contributed by atoms with E-state index in [4.69, 9.17) is 0 Å². The molecule has 0 amide bonds. The lowest BCUT2D eigenvalue weighted by Gasteiger charge is -2.15. The van der Waals surface area contributed by atoms with E-state index in [1.807, 2.05) is 73.7 Å². The average Bonchev–Trinajstić information content (AvgIpc) is 3.07. The molecule has 4 rings (SSSR count). The van der Waals surface area contributed by atoms with Crippen LogP contribution in [0.3, 0.4) is 0 Å². The summed E-state index contributed by atoms with van der Waals surface area (Å²) in [5, 5.41) is 0.903. The van der Waals surface area contributed by atoms with Crippen molar-refractivity contribution < 1.29 is 8.42 Å². The third kappa shape index (κ3) is 2.55. The Morgan fingerprint density at radius 3 is 2.28 bits per heavy atom. The third-order valence-electron chi connectivity index (χ3n) is 4.40. The minimum atomic E-state index is -3.71. The fraction of sp³-hybridized carbons (Fsp3) is 0.0476. The highest BCUT2D eigenvalue weighted by molar-refractivity contribution is 7.90. The lowest BCUT2D eigenvalue weighted by molar-refractivity contribution is 0.589. The molecule has 4 aromatic rings. The second-order valence-corrected chi connectivity index (χ2v) is 7.77. The molecule has 0 radical (unpaired) electrons. The van der Waals surface area contributed by atoms with E-state index >= 15 is 0 Å². The summed E-state index contributed by atoms with van der Waals surface area (Å²) in [6.07, 6.45) is 1.62. The maximum absolute atomic E-state index is 13.4. The van der Waals surface area contributed by atoms with Gasteiger partial charge in [-0.2, -0.15) is 0 Å². The van der Waals surface area contributed by atoms with Crippen molar-refractivity contribution in [2.75, 3.05) is 0 Å². The lowest BCUT2D eigenvalue weighted by Crippen LogP contribution is -2.13. The van der Waals surface area contributed by atoms with Gasteiger partial charge >= 0.3 is 0 Å². The Morgan fingerprint density at radius 2 is 1.48 bits per heavy atom. The second kappa shape index (κ2) is 5.90. The normalized spacial score (nSPS) is 11.7. The molecule has 1 aromatic heterocycles. The van der Waals surface area contributed by atoms with E-state index in [1.165, 1.54) is 3.97 Å². The van der Waals surface area contributed by atoms with Crippen LogP contribution in [0, 0.1) is 6.92 Å². The largest absolute Gasteiger partial charge is 0.268 e. The number of hydrogen-bond donors (Lipinski definition) is 0. The van der Waals surface area contributed by atoms with Crippen LogP contribution in [-0.2, 0) is 10.0 Å². The van der Waals surface area contributed by atoms with Crippen LogP contribution in [0.15, 0.2) is 90.0 Å². The topological polar surface area (TPSA) is 39.1 Å². The number of fused-ring (bicyclic) bond motifs is 1. The fourth-order valence-corrected chi connectivity index (χ4v) is 4.85. The average molecular weight is 347 g/mol. The van der Waals surface area contributed by atoms with Gasteiger partial charge in [0, 0.05) is 17.1 Å². The smallest absolute Gasteiger partial charge is 0.241 e. The number of para-hydroxylation sites is 1. The first-order valence-corrected chi connectivity index (χ1v) is 9.50. The highest BCUT2D eigenvalue weighted by atomic mass is 32.2. The summed E-state index contributed by atoms with van der Waals surface area (Å²) in [4.78, 5) is 0.319. The summed E-state index contributed by atoms with van der Waals surface area (Å²) in [6.45, 7) is 1.94. The molecule has 0 bridgehead atoms. The maximum atomic E-state index is 13.4. The molecule has 0 saturated carbocycles. The second-order valence-electron chi connectivity index (χ2n) is 5.99. The van der Waals surface area contributed by atoms with E-state index in [9.17, 15) is 8.42 Å². The van der Waals surface area contributed by atoms with Gasteiger partial charge in [0.1, 0.15) is 0 Å². The van der Waals surface area contributed by atoms with E-state index in [0.29, 0.717) is 10.4 Å². The van der Waals surface area contributed by atoms with Crippen LogP contribution in [-0.4, -0.2) is 12.4 Å². The minimum Gasteiger partial charge on any atom is -0.241 e. The van der Waals surface area contributed by atoms with Crippen molar-refractivity contribution in [2.24, 2.45) is 0 Å². The number of rotatable bonds is 3. The quantitative estimate of drug-likeness (QED) is 0.531. The molecule has 0 saturated heterocycles. The Morgan fingerprint density at radius 1 is 0.760 bits per heavy atom. The van der Waals surface area contributed by atoms with Crippen LogP contribution >= 0.6 is 0 Å². The van der Waals surface area contributed by atoms with Crippen molar-refractivity contribution in [1.82, 2.24) is 3.97 Å². The first kappa shape index (κ1) is 15.7. The van der Waals surface area contributed by atoms with Gasteiger partial charge in [-0.05, 0) is 36.2 Å². The Balaban J connectivity index is 2.00. The monoisotopic (exact) mass is 347 g/mol. The molecule has 25 heavy (non-hydrogen) atoms. The van der Waals surface area contributed by atoms with Gasteiger partial charge in [0.05, 0.1) is 10.4 Å². The van der Waals surface area contributed by atoms with Crippen LogP contribution < -0.4 is 0 Å². The van der Waals surface area contributed by atoms with E-state index in [1.54, 1.807) is 18.3 Å². The van der Waals surface area contributed by atoms with Crippen molar-refractivity contribution in [3.63, 3.8) is 0 Å². The molecule has 1 heterocycles. The van der Waals surface area contributed by atoms with Crippen LogP contribution in [0.4, 0.5) is 0 Å². The van der Waals surface area contributed by atoms with Crippen LogP contribution in [0.5, 0.6) is 0 Å². The maximum Gasteiger partial charge on any atom is 0.268 e. The van der Waals surface area contributed by atoms with Gasteiger partial charge in [-0.3, -0.25) is 0 Å². The standard InChI is InChI=1S/C21H17NO2S/c1-16-8-7-13-20(21(16)18-10-3-2-4-11-18)25(23,24)22-15-14-17-9-5-6-12-19(17)22/h2-15H,1H3. The lowest BCUT2D eigenvalue weighted by atomic mass is 10.0. The predicted molar refractivity (Wildman–Crippen MR) is 101 cm³/mol. The number of hydrogen-bond acceptors (Lipinski definition) is 2. The van der Waals surface area contributed by atoms with E-state index in [-0.39, 0.29) is 0 Å². The van der Waals surface area contributed by atoms with E-state index in [0.717, 1.165) is 22.1 Å². The van der Waals surface area contributed by atoms with Crippen molar-refractivity contribution in [1.29, 1.82) is 0 Å². The highest BCUT2D eigenvalue weighted by Crippen LogP contribution is 2.33. The number of benzene rings is 3. The van der Waals surface area contributed by atoms with Crippen LogP contribution in [0.1, 0.15) is 5.56 Å². The van der Waals surface area contributed by atoms with E-state index < -0.39 is 10.0 Å². The minimum absolute atomic E-state index is 0.319. The zero-order valence-electron chi connectivity index (χ0n) is 13.8. The van der Waals surface area contributed by atoms with Gasteiger partial charge in [-0.1, -0.05) is 60.7 Å². The summed E-state index contributed by atoms with van der Waals surface area (Å²) >= 11 is 0. The van der Waals surface area contributed by atoms with Gasteiger partial charge in [-0.25, -0.2) is 12.4 Å². The molecular weight excluding hydrogens is 330 g/mol. The highest BCUT2D eigenvalue weighted by Gasteiger charge is 2.23. The number of aryl methyl sites for hydroxylation is 1. The molecule has 4 heteroatoms. The fourth-order valence-electron chi connectivity index (χ4n) is 3.20. The summed E-state index contributed by atoms with van der Waals surface area (Å²) in [7, 11) is -3.71. The SMILES string of the molecule is Cc1cccc(S(=O)(=O)n2ccc3ccccc32)c1-c1ccccc1. The Kier molecular flexibility index (Phi) is 3.70. The summed E-state index contributed by atoms with van der Waals surface area (Å²) in [5.41, 5.74) is 3.27. The van der Waals surface area contributed by atoms with Crippen molar-refractivity contribution in [3.05, 3.63) is 90.6 Å². The molecule has 124 valence electrons. The molecule has 0 fully saturated rings. The zero-order valence-corrected chi connectivity index (χ0v) is 14.6. The molecule has 0 aliphatic rings. The number of nitrogens with zero attached hydrogens (tertiary/aromatic N) is 1. The molecule has 0 N–H and O–H groups in total.